The number of ether oxygens (including phenoxy) is 1. The first-order chi connectivity index (χ1) is 14.8. The number of amides is 1. The van der Waals surface area contributed by atoms with E-state index >= 15 is 0 Å². The molecule has 13 heteroatoms. The van der Waals surface area contributed by atoms with Crippen LogP contribution in [0.25, 0.3) is 0 Å². The zero-order chi connectivity index (χ0) is 22.5. The minimum absolute atomic E-state index is 0.0704. The number of nitro benzene ring substituents is 2. The van der Waals surface area contributed by atoms with Crippen LogP contribution in [0, 0.1) is 20.2 Å². The maximum atomic E-state index is 12.9. The van der Waals surface area contributed by atoms with Crippen LogP contribution in [0.4, 0.5) is 22.7 Å². The summed E-state index contributed by atoms with van der Waals surface area (Å²) in [6.07, 6.45) is 0. The Hall–Kier alpha value is -3.16. The minimum atomic E-state index is -0.624. The minimum Gasteiger partial charge on any atom is -0.378 e. The van der Waals surface area contributed by atoms with Crippen LogP contribution in [0.15, 0.2) is 40.9 Å². The van der Waals surface area contributed by atoms with Crippen molar-refractivity contribution < 1.29 is 19.4 Å². The molecule has 0 aromatic heterocycles. The molecule has 1 aliphatic rings. The fraction of sp³-hybridized carbons (Fsp3) is 0.222. The molecule has 1 aliphatic heterocycles. The Kier molecular flexibility index (Phi) is 7.09. The van der Waals surface area contributed by atoms with Gasteiger partial charge in [0.05, 0.1) is 40.0 Å². The molecule has 1 amide bonds. The van der Waals surface area contributed by atoms with Gasteiger partial charge < -0.3 is 15.0 Å². The van der Waals surface area contributed by atoms with Crippen molar-refractivity contribution >= 4 is 61.9 Å². The summed E-state index contributed by atoms with van der Waals surface area (Å²) >= 11 is 8.39. The third-order valence-corrected chi connectivity index (χ3v) is 5.29. The number of anilines is 2. The molecule has 3 rings (SSSR count). The van der Waals surface area contributed by atoms with Crippen LogP contribution in [0.3, 0.4) is 0 Å². The first-order valence-corrected chi connectivity index (χ1v) is 10.1. The van der Waals surface area contributed by atoms with E-state index < -0.39 is 15.8 Å². The van der Waals surface area contributed by atoms with Crippen molar-refractivity contribution in [2.45, 2.75) is 0 Å². The molecule has 2 N–H and O–H groups in total. The average Bonchev–Trinajstić information content (AvgIpc) is 2.75. The van der Waals surface area contributed by atoms with E-state index in [1.807, 2.05) is 4.90 Å². The monoisotopic (exact) mass is 509 g/mol. The fourth-order valence-electron chi connectivity index (χ4n) is 2.94. The summed E-state index contributed by atoms with van der Waals surface area (Å²) in [7, 11) is 0. The van der Waals surface area contributed by atoms with E-state index in [0.717, 1.165) is 0 Å². The lowest BCUT2D eigenvalue weighted by atomic mass is 10.1. The molecule has 0 aliphatic carbocycles. The van der Waals surface area contributed by atoms with E-state index in [-0.39, 0.29) is 22.1 Å². The van der Waals surface area contributed by atoms with Gasteiger partial charge in [0, 0.05) is 41.8 Å². The van der Waals surface area contributed by atoms with Crippen molar-refractivity contribution in [2.24, 2.45) is 0 Å². The molecule has 0 saturated carbocycles. The number of nitro groups is 2. The van der Waals surface area contributed by atoms with Crippen LogP contribution < -0.4 is 15.5 Å². The van der Waals surface area contributed by atoms with Crippen molar-refractivity contribution in [1.82, 2.24) is 5.32 Å². The SMILES string of the molecule is O=C(NC(=S)Nc1ccc([N+](=O)[O-])cc1Br)c1cc([N+](=O)[O-])ccc1N1CCOCC1. The largest absolute Gasteiger partial charge is 0.378 e. The van der Waals surface area contributed by atoms with E-state index in [1.54, 1.807) is 0 Å². The second kappa shape index (κ2) is 9.76. The summed E-state index contributed by atoms with van der Waals surface area (Å²) in [4.78, 5) is 35.7. The third kappa shape index (κ3) is 5.51. The number of hydrogen-bond acceptors (Lipinski definition) is 8. The van der Waals surface area contributed by atoms with Crippen molar-refractivity contribution in [3.05, 3.63) is 66.7 Å². The van der Waals surface area contributed by atoms with Crippen LogP contribution in [0.5, 0.6) is 0 Å². The van der Waals surface area contributed by atoms with Crippen LogP contribution >= 0.6 is 28.1 Å². The van der Waals surface area contributed by atoms with Gasteiger partial charge >= 0.3 is 0 Å². The van der Waals surface area contributed by atoms with Crippen LogP contribution in [0.2, 0.25) is 0 Å². The predicted molar refractivity (Wildman–Crippen MR) is 121 cm³/mol. The molecule has 11 nitrogen and oxygen atoms in total. The van der Waals surface area contributed by atoms with Crippen molar-refractivity contribution in [1.29, 1.82) is 0 Å². The number of benzene rings is 2. The third-order valence-electron chi connectivity index (χ3n) is 4.43. The maximum absolute atomic E-state index is 12.9. The van der Waals surface area contributed by atoms with Crippen LogP contribution in [-0.2, 0) is 4.74 Å². The molecule has 162 valence electrons. The van der Waals surface area contributed by atoms with Gasteiger partial charge in [-0.05, 0) is 40.3 Å². The number of thiocarbonyl (C=S) groups is 1. The van der Waals surface area contributed by atoms with Gasteiger partial charge in [-0.1, -0.05) is 0 Å². The Bertz CT molecular complexity index is 1060. The van der Waals surface area contributed by atoms with Crippen LogP contribution in [0.1, 0.15) is 10.4 Å². The Balaban J connectivity index is 1.80. The molecule has 0 bridgehead atoms. The summed E-state index contributed by atoms with van der Waals surface area (Å²) in [6, 6.07) is 8.09. The Morgan fingerprint density at radius 2 is 1.68 bits per heavy atom. The van der Waals surface area contributed by atoms with Gasteiger partial charge in [-0.25, -0.2) is 0 Å². The van der Waals surface area contributed by atoms with Gasteiger partial charge in [0.15, 0.2) is 5.11 Å². The highest BCUT2D eigenvalue weighted by Crippen LogP contribution is 2.28. The zero-order valence-electron chi connectivity index (χ0n) is 15.9. The second-order valence-electron chi connectivity index (χ2n) is 6.39. The molecular formula is C18H16BrN5O6S. The van der Waals surface area contributed by atoms with Gasteiger partial charge in [-0.2, -0.15) is 0 Å². The summed E-state index contributed by atoms with van der Waals surface area (Å²) in [5.41, 5.74) is 0.704. The normalized spacial score (nSPS) is 13.4. The number of halogens is 1. The molecule has 1 fully saturated rings. The van der Waals surface area contributed by atoms with Crippen molar-refractivity contribution in [3.63, 3.8) is 0 Å². The highest BCUT2D eigenvalue weighted by Gasteiger charge is 2.23. The van der Waals surface area contributed by atoms with Gasteiger partial charge in [0.1, 0.15) is 0 Å². The fourth-order valence-corrected chi connectivity index (χ4v) is 3.61. The molecule has 1 heterocycles. The predicted octanol–water partition coefficient (Wildman–Crippen LogP) is 3.23. The lowest BCUT2D eigenvalue weighted by molar-refractivity contribution is -0.385. The quantitative estimate of drug-likeness (QED) is 0.353. The molecule has 31 heavy (non-hydrogen) atoms. The number of carbonyl (C=O) groups excluding carboxylic acids is 1. The standard InChI is InChI=1S/C18H16BrN5O6S/c19-14-10-12(24(28)29)1-3-15(14)20-18(31)21-17(25)13-9-11(23(26)27)2-4-16(13)22-5-7-30-8-6-22/h1-4,9-10H,5-8H2,(H2,20,21,25,31). The highest BCUT2D eigenvalue weighted by molar-refractivity contribution is 9.10. The first kappa shape index (κ1) is 22.5. The summed E-state index contributed by atoms with van der Waals surface area (Å²) in [5.74, 6) is -0.624. The van der Waals surface area contributed by atoms with E-state index in [9.17, 15) is 25.0 Å². The summed E-state index contributed by atoms with van der Waals surface area (Å²) < 4.78 is 5.70. The molecule has 0 spiro atoms. The Morgan fingerprint density at radius 1 is 1.06 bits per heavy atom. The number of rotatable bonds is 5. The molecule has 0 unspecified atom stereocenters. The maximum Gasteiger partial charge on any atom is 0.270 e. The Morgan fingerprint density at radius 3 is 2.29 bits per heavy atom. The van der Waals surface area contributed by atoms with Crippen LogP contribution in [-0.4, -0.2) is 47.2 Å². The van der Waals surface area contributed by atoms with Gasteiger partial charge in [0.2, 0.25) is 0 Å². The van der Waals surface area contributed by atoms with E-state index in [1.165, 1.54) is 36.4 Å². The van der Waals surface area contributed by atoms with E-state index in [2.05, 4.69) is 26.6 Å². The molecule has 0 atom stereocenters. The topological polar surface area (TPSA) is 140 Å². The molecule has 2 aromatic carbocycles. The van der Waals surface area contributed by atoms with Crippen molar-refractivity contribution in [2.75, 3.05) is 36.5 Å². The lowest BCUT2D eigenvalue weighted by Crippen LogP contribution is -2.39. The molecule has 1 saturated heterocycles. The lowest BCUT2D eigenvalue weighted by Gasteiger charge is -2.30. The van der Waals surface area contributed by atoms with Crippen molar-refractivity contribution in [3.8, 4) is 0 Å². The molecular weight excluding hydrogens is 494 g/mol. The zero-order valence-corrected chi connectivity index (χ0v) is 18.3. The second-order valence-corrected chi connectivity index (χ2v) is 7.65. The average molecular weight is 510 g/mol. The van der Waals surface area contributed by atoms with Gasteiger partial charge in [-0.15, -0.1) is 0 Å². The number of morpholine rings is 1. The molecule has 0 radical (unpaired) electrons. The van der Waals surface area contributed by atoms with Gasteiger partial charge in [0.25, 0.3) is 17.3 Å². The van der Waals surface area contributed by atoms with E-state index in [0.29, 0.717) is 42.2 Å². The smallest absolute Gasteiger partial charge is 0.270 e. The van der Waals surface area contributed by atoms with Gasteiger partial charge in [-0.3, -0.25) is 30.3 Å². The number of nitrogens with zero attached hydrogens (tertiary/aromatic N) is 3. The highest BCUT2D eigenvalue weighted by atomic mass is 79.9. The first-order valence-electron chi connectivity index (χ1n) is 8.93. The number of carbonyl (C=O) groups is 1. The van der Waals surface area contributed by atoms with E-state index in [4.69, 9.17) is 17.0 Å². The molecule has 2 aromatic rings. The number of nitrogens with one attached hydrogen (secondary N) is 2. The Labute approximate surface area is 189 Å². The summed E-state index contributed by atoms with van der Waals surface area (Å²) in [6.45, 7) is 2.03. The number of non-ortho nitro benzene ring substituents is 2. The number of hydrogen-bond donors (Lipinski definition) is 2. The summed E-state index contributed by atoms with van der Waals surface area (Å²) in [5, 5.41) is 27.2.